The fourth-order valence-electron chi connectivity index (χ4n) is 3.12. The lowest BCUT2D eigenvalue weighted by molar-refractivity contribution is 0.0346. The first-order chi connectivity index (χ1) is 15.7. The van der Waals surface area contributed by atoms with Crippen molar-refractivity contribution in [2.24, 2.45) is 0 Å². The Bertz CT molecular complexity index is 1380. The molecule has 3 aromatic rings. The fourth-order valence-corrected chi connectivity index (χ4v) is 3.92. The van der Waals surface area contributed by atoms with E-state index in [1.165, 1.54) is 42.1 Å². The van der Waals surface area contributed by atoms with Crippen LogP contribution in [0.1, 0.15) is 20.8 Å². The maximum Gasteiger partial charge on any atom is 0.540 e. The number of ether oxygens (including phenoxy) is 3. The van der Waals surface area contributed by atoms with Gasteiger partial charge in [-0.2, -0.15) is 14.6 Å². The average Bonchev–Trinajstić information content (AvgIpc) is 3.15. The van der Waals surface area contributed by atoms with E-state index in [9.17, 15) is 18.0 Å². The van der Waals surface area contributed by atoms with Crippen molar-refractivity contribution >= 4 is 50.9 Å². The molecule has 0 N–H and O–H groups in total. The highest BCUT2D eigenvalue weighted by molar-refractivity contribution is 7.90. The minimum Gasteiger partial charge on any atom is -0.491 e. The number of imide groups is 1. The van der Waals surface area contributed by atoms with Crippen molar-refractivity contribution in [3.8, 4) is 5.75 Å². The molecule has 2 heterocycles. The minimum absolute atomic E-state index is 0.104. The molecule has 13 heteroatoms. The number of pyridine rings is 1. The van der Waals surface area contributed by atoms with Crippen LogP contribution in [0.25, 0.3) is 5.65 Å². The first-order valence-corrected chi connectivity index (χ1v) is 12.0. The van der Waals surface area contributed by atoms with Crippen LogP contribution in [-0.2, 0) is 19.3 Å². The second kappa shape index (κ2) is 8.85. The van der Waals surface area contributed by atoms with Gasteiger partial charge in [-0.3, -0.25) is 0 Å². The number of quaternary nitrogens is 1. The van der Waals surface area contributed by atoms with E-state index < -0.39 is 32.1 Å². The van der Waals surface area contributed by atoms with Crippen molar-refractivity contribution in [1.29, 1.82) is 0 Å². The van der Waals surface area contributed by atoms with Crippen LogP contribution in [0, 0.1) is 7.11 Å². The van der Waals surface area contributed by atoms with Crippen molar-refractivity contribution in [3.05, 3.63) is 48.7 Å². The molecule has 2 amide bonds. The van der Waals surface area contributed by atoms with Crippen LogP contribution in [0.15, 0.2) is 41.4 Å². The summed E-state index contributed by atoms with van der Waals surface area (Å²) >= 11 is 6.04. The van der Waals surface area contributed by atoms with E-state index in [0.29, 0.717) is 5.02 Å². The van der Waals surface area contributed by atoms with Crippen LogP contribution in [0.3, 0.4) is 0 Å². The molecule has 1 atom stereocenters. The van der Waals surface area contributed by atoms with Gasteiger partial charge in [0.2, 0.25) is 5.69 Å². The molecular weight excluding hydrogens is 488 g/mol. The number of methoxy groups -OCH3 is 1. The van der Waals surface area contributed by atoms with Gasteiger partial charge in [0.1, 0.15) is 12.7 Å². The number of amides is 2. The van der Waals surface area contributed by atoms with Crippen LogP contribution >= 0.6 is 11.6 Å². The first-order valence-electron chi connectivity index (χ1n) is 9.74. The molecule has 1 unspecified atom stereocenters. The van der Waals surface area contributed by atoms with E-state index in [4.69, 9.17) is 25.8 Å². The van der Waals surface area contributed by atoms with Gasteiger partial charge < -0.3 is 14.2 Å². The Kier molecular flexibility index (Phi) is 6.62. The van der Waals surface area contributed by atoms with E-state index in [-0.39, 0.29) is 27.9 Å². The molecular formula is C21H23ClN4O7S+. The number of carbonyl (C=O) groups is 2. The number of nitrogens with zero attached hydrogens (tertiary/aromatic N) is 4. The zero-order valence-electron chi connectivity index (χ0n) is 19.1. The Morgan fingerprint density at radius 2 is 1.82 bits per heavy atom. The van der Waals surface area contributed by atoms with Gasteiger partial charge in [0.25, 0.3) is 0 Å². The molecule has 0 aliphatic rings. The number of fused-ring (bicyclic) bond motifs is 1. The van der Waals surface area contributed by atoms with Gasteiger partial charge in [-0.15, -0.1) is 0 Å². The molecule has 0 bridgehead atoms. The zero-order valence-corrected chi connectivity index (χ0v) is 20.7. The largest absolute Gasteiger partial charge is 0.540 e. The third kappa shape index (κ3) is 4.56. The molecule has 0 saturated heterocycles. The molecule has 0 spiro atoms. The van der Waals surface area contributed by atoms with E-state index in [1.54, 1.807) is 26.8 Å². The number of carbonyl (C=O) groups excluding carboxylic acids is 2. The Morgan fingerprint density at radius 3 is 2.38 bits per heavy atom. The molecule has 0 fully saturated rings. The smallest absolute Gasteiger partial charge is 0.491 e. The fraction of sp³-hybridized carbons (Fsp3) is 0.286. The Labute approximate surface area is 201 Å². The molecule has 2 aromatic heterocycles. The summed E-state index contributed by atoms with van der Waals surface area (Å²) in [6, 6.07) is 6.70. The summed E-state index contributed by atoms with van der Waals surface area (Å²) in [6.07, 6.45) is 0.0846. The third-order valence-corrected chi connectivity index (χ3v) is 5.92. The SMILES string of the molecule is [CH2]OC(=O)[N+](C(=O)OC(C)(C)C)(c1nc2ccc(Cl)cn2n1)c1ccc(S(C)(=O)=O)cc1OC. The van der Waals surface area contributed by atoms with Crippen molar-refractivity contribution in [2.45, 2.75) is 31.3 Å². The van der Waals surface area contributed by atoms with E-state index in [2.05, 4.69) is 17.2 Å². The molecule has 11 nitrogen and oxygen atoms in total. The molecule has 1 radical (unpaired) electrons. The number of rotatable bonds is 4. The van der Waals surface area contributed by atoms with E-state index >= 15 is 0 Å². The molecule has 0 aliphatic heterocycles. The standard InChI is InChI=1S/C21H23ClN4O7S/c1-21(2,3)33-20(28)26(19(27)32-5,18-23-17-10-7-13(22)12-25(17)24-18)15-9-8-14(34(6,29)30)11-16(15)31-4/h7-12H,5H2,1-4,6H3/q+1. The second-order valence-corrected chi connectivity index (χ2v) is 10.7. The number of sulfone groups is 1. The molecule has 0 aliphatic carbocycles. The molecule has 181 valence electrons. The Hall–Kier alpha value is -3.22. The van der Waals surface area contributed by atoms with E-state index in [1.807, 2.05) is 0 Å². The average molecular weight is 511 g/mol. The van der Waals surface area contributed by atoms with Crippen molar-refractivity contribution in [1.82, 2.24) is 19.1 Å². The highest BCUT2D eigenvalue weighted by Crippen LogP contribution is 2.43. The van der Waals surface area contributed by atoms with Gasteiger partial charge in [-0.05, 0) is 43.5 Å². The lowest BCUT2D eigenvalue weighted by Gasteiger charge is -2.29. The van der Waals surface area contributed by atoms with Gasteiger partial charge in [-0.1, -0.05) is 16.7 Å². The number of hydrogen-bond acceptors (Lipinski definition) is 9. The van der Waals surface area contributed by atoms with E-state index in [0.717, 1.165) is 6.26 Å². The summed E-state index contributed by atoms with van der Waals surface area (Å²) in [7, 11) is 0.776. The maximum atomic E-state index is 13.7. The Morgan fingerprint density at radius 1 is 1.15 bits per heavy atom. The quantitative estimate of drug-likeness (QED) is 0.472. The maximum absolute atomic E-state index is 13.7. The summed E-state index contributed by atoms with van der Waals surface area (Å²) in [4.78, 5) is 31.3. The number of hydrogen-bond donors (Lipinski definition) is 0. The van der Waals surface area contributed by atoms with Crippen LogP contribution in [0.4, 0.5) is 21.2 Å². The monoisotopic (exact) mass is 510 g/mol. The van der Waals surface area contributed by atoms with Gasteiger partial charge in [-0.25, -0.2) is 12.9 Å². The van der Waals surface area contributed by atoms with Gasteiger partial charge >= 0.3 is 18.1 Å². The molecule has 0 saturated carbocycles. The zero-order chi connectivity index (χ0) is 25.5. The summed E-state index contributed by atoms with van der Waals surface area (Å²) in [5.74, 6) is -0.494. The first kappa shape index (κ1) is 25.4. The number of benzene rings is 1. The van der Waals surface area contributed by atoms with Crippen LogP contribution in [0.5, 0.6) is 5.75 Å². The highest BCUT2D eigenvalue weighted by atomic mass is 35.5. The number of halogens is 1. The molecule has 34 heavy (non-hydrogen) atoms. The van der Waals surface area contributed by atoms with Crippen molar-refractivity contribution in [2.75, 3.05) is 13.4 Å². The van der Waals surface area contributed by atoms with Gasteiger partial charge in [0.15, 0.2) is 21.2 Å². The summed E-state index contributed by atoms with van der Waals surface area (Å²) in [6.45, 7) is 4.82. The van der Waals surface area contributed by atoms with Gasteiger partial charge in [0, 0.05) is 24.6 Å². The summed E-state index contributed by atoms with van der Waals surface area (Å²) < 4.78 is 39.7. The molecule has 3 rings (SSSR count). The minimum atomic E-state index is -3.64. The Balaban J connectivity index is 2.45. The van der Waals surface area contributed by atoms with Crippen LogP contribution < -0.4 is 9.22 Å². The summed E-state index contributed by atoms with van der Waals surface area (Å²) in [5, 5.41) is 4.61. The normalized spacial score (nSPS) is 13.9. The topological polar surface area (TPSA) is 126 Å². The third-order valence-electron chi connectivity index (χ3n) is 4.59. The summed E-state index contributed by atoms with van der Waals surface area (Å²) in [5.41, 5.74) is -0.932. The predicted octanol–water partition coefficient (Wildman–Crippen LogP) is 4.30. The van der Waals surface area contributed by atoms with Crippen molar-refractivity contribution < 1.29 is 32.2 Å². The van der Waals surface area contributed by atoms with Crippen LogP contribution in [-0.4, -0.2) is 54.2 Å². The second-order valence-electron chi connectivity index (χ2n) is 8.23. The van der Waals surface area contributed by atoms with Gasteiger partial charge in [0.05, 0.1) is 17.0 Å². The predicted molar refractivity (Wildman–Crippen MR) is 124 cm³/mol. The van der Waals surface area contributed by atoms with Crippen LogP contribution in [0.2, 0.25) is 5.02 Å². The lowest BCUT2D eigenvalue weighted by Crippen LogP contribution is -2.57. The highest BCUT2D eigenvalue weighted by Gasteiger charge is 2.59. The van der Waals surface area contributed by atoms with Crippen molar-refractivity contribution in [3.63, 3.8) is 0 Å². The molecule has 1 aromatic carbocycles. The number of aromatic nitrogens is 3. The lowest BCUT2D eigenvalue weighted by atomic mass is 10.2.